The van der Waals surface area contributed by atoms with Gasteiger partial charge in [-0.05, 0) is 17.7 Å². The molecule has 1 aromatic carbocycles. The Hall–Kier alpha value is -1.53. The maximum absolute atomic E-state index is 13.2. The number of hydrogen-bond acceptors (Lipinski definition) is 3. The van der Waals surface area contributed by atoms with Crippen LogP contribution in [0.15, 0.2) is 18.2 Å². The van der Waals surface area contributed by atoms with Crippen LogP contribution in [0.25, 0.3) is 0 Å². The first-order chi connectivity index (χ1) is 8.63. The van der Waals surface area contributed by atoms with E-state index in [2.05, 4.69) is 5.32 Å². The predicted molar refractivity (Wildman–Crippen MR) is 60.7 cm³/mol. The third kappa shape index (κ3) is 2.49. The number of ether oxygens (including phenoxy) is 1. The highest BCUT2D eigenvalue weighted by Crippen LogP contribution is 2.23. The van der Waals surface area contributed by atoms with Gasteiger partial charge in [0.15, 0.2) is 11.6 Å². The fourth-order valence-corrected chi connectivity index (χ4v) is 1.96. The summed E-state index contributed by atoms with van der Waals surface area (Å²) >= 11 is 0. The highest BCUT2D eigenvalue weighted by Gasteiger charge is 2.31. The van der Waals surface area contributed by atoms with E-state index in [0.29, 0.717) is 18.7 Å². The first-order valence-corrected chi connectivity index (χ1v) is 5.60. The molecule has 0 aromatic heterocycles. The lowest BCUT2D eigenvalue weighted by atomic mass is 10.1. The van der Waals surface area contributed by atoms with E-state index in [0.717, 1.165) is 12.1 Å². The number of amides is 1. The highest BCUT2D eigenvalue weighted by molar-refractivity contribution is 5.80. The summed E-state index contributed by atoms with van der Waals surface area (Å²) in [5.74, 6) is -1.89. The molecule has 1 heterocycles. The second kappa shape index (κ2) is 5.41. The Morgan fingerprint density at radius 2 is 2.22 bits per heavy atom. The summed E-state index contributed by atoms with van der Waals surface area (Å²) < 4.78 is 31.0. The lowest BCUT2D eigenvalue weighted by Gasteiger charge is -2.24. The van der Waals surface area contributed by atoms with Gasteiger partial charge < -0.3 is 9.64 Å². The van der Waals surface area contributed by atoms with E-state index in [1.165, 1.54) is 6.07 Å². The van der Waals surface area contributed by atoms with Crippen molar-refractivity contribution < 1.29 is 18.3 Å². The SMILES string of the molecule is COCCN1C(=O)CNC1c1ccc(F)c(F)c1. The second-order valence-corrected chi connectivity index (χ2v) is 4.04. The number of nitrogens with one attached hydrogen (secondary N) is 1. The van der Waals surface area contributed by atoms with Crippen molar-refractivity contribution in [3.63, 3.8) is 0 Å². The molecule has 18 heavy (non-hydrogen) atoms. The van der Waals surface area contributed by atoms with E-state index in [-0.39, 0.29) is 12.5 Å². The molecule has 0 aliphatic carbocycles. The van der Waals surface area contributed by atoms with Crippen molar-refractivity contribution >= 4 is 5.91 Å². The number of rotatable bonds is 4. The van der Waals surface area contributed by atoms with Crippen LogP contribution in [0, 0.1) is 11.6 Å². The van der Waals surface area contributed by atoms with E-state index in [9.17, 15) is 13.6 Å². The van der Waals surface area contributed by atoms with Crippen LogP contribution >= 0.6 is 0 Å². The molecular weight excluding hydrogens is 242 g/mol. The zero-order valence-electron chi connectivity index (χ0n) is 9.95. The zero-order valence-corrected chi connectivity index (χ0v) is 9.95. The van der Waals surface area contributed by atoms with E-state index in [4.69, 9.17) is 4.74 Å². The maximum Gasteiger partial charge on any atom is 0.238 e. The van der Waals surface area contributed by atoms with Gasteiger partial charge >= 0.3 is 0 Å². The first-order valence-electron chi connectivity index (χ1n) is 5.60. The molecule has 1 aliphatic heterocycles. The summed E-state index contributed by atoms with van der Waals surface area (Å²) in [6.07, 6.45) is -0.428. The minimum absolute atomic E-state index is 0.0817. The van der Waals surface area contributed by atoms with E-state index >= 15 is 0 Å². The molecule has 2 rings (SSSR count). The average molecular weight is 256 g/mol. The number of hydrogen-bond donors (Lipinski definition) is 1. The fraction of sp³-hybridized carbons (Fsp3) is 0.417. The molecule has 98 valence electrons. The Morgan fingerprint density at radius 1 is 1.44 bits per heavy atom. The van der Waals surface area contributed by atoms with Crippen LogP contribution in [0.5, 0.6) is 0 Å². The van der Waals surface area contributed by atoms with Crippen LogP contribution in [-0.4, -0.2) is 37.6 Å². The van der Waals surface area contributed by atoms with Gasteiger partial charge in [-0.15, -0.1) is 0 Å². The van der Waals surface area contributed by atoms with Crippen molar-refractivity contribution in [3.8, 4) is 0 Å². The molecule has 0 spiro atoms. The topological polar surface area (TPSA) is 41.6 Å². The lowest BCUT2D eigenvalue weighted by molar-refractivity contribution is -0.128. The smallest absolute Gasteiger partial charge is 0.238 e. The molecule has 1 unspecified atom stereocenters. The minimum atomic E-state index is -0.916. The number of halogens is 2. The summed E-state index contributed by atoms with van der Waals surface area (Å²) in [5.41, 5.74) is 0.524. The number of benzene rings is 1. The Kier molecular flexibility index (Phi) is 3.88. The van der Waals surface area contributed by atoms with E-state index < -0.39 is 17.8 Å². The number of carbonyl (C=O) groups excluding carboxylic acids is 1. The molecule has 4 nitrogen and oxygen atoms in total. The van der Waals surface area contributed by atoms with Gasteiger partial charge in [-0.3, -0.25) is 10.1 Å². The Labute approximate surface area is 104 Å². The molecule has 0 saturated carbocycles. The molecular formula is C12H14F2N2O2. The highest BCUT2D eigenvalue weighted by atomic mass is 19.2. The number of methoxy groups -OCH3 is 1. The normalized spacial score (nSPS) is 19.6. The molecule has 1 N–H and O–H groups in total. The standard InChI is InChI=1S/C12H14F2N2O2/c1-18-5-4-16-11(17)7-15-12(16)8-2-3-9(13)10(14)6-8/h2-3,6,12,15H,4-5,7H2,1H3. The van der Waals surface area contributed by atoms with Crippen LogP contribution in [0.3, 0.4) is 0 Å². The maximum atomic E-state index is 13.2. The average Bonchev–Trinajstić information content (AvgIpc) is 2.72. The van der Waals surface area contributed by atoms with Crippen molar-refractivity contribution in [2.75, 3.05) is 26.8 Å². The number of nitrogens with zero attached hydrogens (tertiary/aromatic N) is 1. The lowest BCUT2D eigenvalue weighted by Crippen LogP contribution is -2.33. The molecule has 1 saturated heterocycles. The van der Waals surface area contributed by atoms with Gasteiger partial charge in [-0.25, -0.2) is 8.78 Å². The van der Waals surface area contributed by atoms with Crippen molar-refractivity contribution in [2.45, 2.75) is 6.17 Å². The molecule has 1 atom stereocenters. The van der Waals surface area contributed by atoms with Gasteiger partial charge in [0.1, 0.15) is 6.17 Å². The van der Waals surface area contributed by atoms with Crippen LogP contribution < -0.4 is 5.32 Å². The van der Waals surface area contributed by atoms with Gasteiger partial charge in [0.2, 0.25) is 5.91 Å². The van der Waals surface area contributed by atoms with Crippen molar-refractivity contribution in [2.24, 2.45) is 0 Å². The molecule has 0 radical (unpaired) electrons. The number of carbonyl (C=O) groups is 1. The van der Waals surface area contributed by atoms with Crippen molar-refractivity contribution in [1.29, 1.82) is 0 Å². The van der Waals surface area contributed by atoms with Gasteiger partial charge in [0.05, 0.1) is 13.2 Å². The van der Waals surface area contributed by atoms with E-state index in [1.54, 1.807) is 12.0 Å². The van der Waals surface area contributed by atoms with Crippen LogP contribution in [0.1, 0.15) is 11.7 Å². The monoisotopic (exact) mass is 256 g/mol. The van der Waals surface area contributed by atoms with Gasteiger partial charge in [0, 0.05) is 13.7 Å². The second-order valence-electron chi connectivity index (χ2n) is 4.04. The quantitative estimate of drug-likeness (QED) is 0.875. The third-order valence-corrected chi connectivity index (χ3v) is 2.87. The fourth-order valence-electron chi connectivity index (χ4n) is 1.96. The summed E-state index contributed by atoms with van der Waals surface area (Å²) in [4.78, 5) is 13.2. The molecule has 6 heteroatoms. The summed E-state index contributed by atoms with van der Waals surface area (Å²) in [7, 11) is 1.54. The van der Waals surface area contributed by atoms with Gasteiger partial charge in [-0.1, -0.05) is 6.07 Å². The molecule has 1 amide bonds. The van der Waals surface area contributed by atoms with Gasteiger partial charge in [0.25, 0.3) is 0 Å². The summed E-state index contributed by atoms with van der Waals surface area (Å²) in [6, 6.07) is 3.63. The molecule has 0 bridgehead atoms. The largest absolute Gasteiger partial charge is 0.383 e. The Morgan fingerprint density at radius 3 is 2.89 bits per heavy atom. The predicted octanol–water partition coefficient (Wildman–Crippen LogP) is 1.04. The van der Waals surface area contributed by atoms with Crippen molar-refractivity contribution in [1.82, 2.24) is 10.2 Å². The van der Waals surface area contributed by atoms with Gasteiger partial charge in [-0.2, -0.15) is 0 Å². The van der Waals surface area contributed by atoms with Crippen LogP contribution in [-0.2, 0) is 9.53 Å². The first kappa shape index (κ1) is 12.9. The molecule has 1 fully saturated rings. The molecule has 1 aliphatic rings. The summed E-state index contributed by atoms with van der Waals surface area (Å²) in [5, 5.41) is 2.96. The Bertz CT molecular complexity index is 454. The molecule has 1 aromatic rings. The van der Waals surface area contributed by atoms with Crippen molar-refractivity contribution in [3.05, 3.63) is 35.4 Å². The summed E-state index contributed by atoms with van der Waals surface area (Å²) in [6.45, 7) is 0.993. The Balaban J connectivity index is 2.19. The zero-order chi connectivity index (χ0) is 13.1. The van der Waals surface area contributed by atoms with Crippen LogP contribution in [0.2, 0.25) is 0 Å². The minimum Gasteiger partial charge on any atom is -0.383 e. The third-order valence-electron chi connectivity index (χ3n) is 2.87. The van der Waals surface area contributed by atoms with Crippen LogP contribution in [0.4, 0.5) is 8.78 Å². The van der Waals surface area contributed by atoms with E-state index in [1.807, 2.05) is 0 Å².